The smallest absolute Gasteiger partial charge is 0.310 e. The van der Waals surface area contributed by atoms with Crippen molar-refractivity contribution in [1.29, 1.82) is 0 Å². The van der Waals surface area contributed by atoms with Gasteiger partial charge in [0.25, 0.3) is 5.91 Å². The molecule has 0 aliphatic heterocycles. The molecule has 1 aromatic heterocycles. The number of amides is 1. The molecule has 2 aromatic rings. The van der Waals surface area contributed by atoms with Crippen molar-refractivity contribution in [3.8, 4) is 0 Å². The van der Waals surface area contributed by atoms with Crippen molar-refractivity contribution in [3.63, 3.8) is 0 Å². The highest BCUT2D eigenvalue weighted by atomic mass is 32.1. The number of thiazole rings is 1. The van der Waals surface area contributed by atoms with Gasteiger partial charge >= 0.3 is 5.97 Å². The lowest BCUT2D eigenvalue weighted by Crippen LogP contribution is -2.39. The number of hydrogen-bond donors (Lipinski definition) is 2. The van der Waals surface area contributed by atoms with Crippen molar-refractivity contribution >= 4 is 23.2 Å². The molecule has 5 nitrogen and oxygen atoms in total. The molecule has 1 aromatic carbocycles. The lowest BCUT2D eigenvalue weighted by atomic mass is 9.94. The molecule has 0 atom stereocenters. The Bertz CT molecular complexity index is 728. The number of benzene rings is 1. The third-order valence-electron chi connectivity index (χ3n) is 3.35. The summed E-state index contributed by atoms with van der Waals surface area (Å²) in [5.74, 6) is -1.73. The summed E-state index contributed by atoms with van der Waals surface area (Å²) in [7, 11) is 0. The number of carboxylic acid groups (broad SMARTS) is 1. The van der Waals surface area contributed by atoms with E-state index in [4.69, 9.17) is 5.11 Å². The van der Waals surface area contributed by atoms with Crippen LogP contribution in [0.2, 0.25) is 0 Å². The molecule has 0 saturated carbocycles. The summed E-state index contributed by atoms with van der Waals surface area (Å²) in [5.41, 5.74) is -0.329. The summed E-state index contributed by atoms with van der Waals surface area (Å²) < 4.78 is 13.6. The topological polar surface area (TPSA) is 79.3 Å². The number of carboxylic acids is 1. The lowest BCUT2D eigenvalue weighted by Gasteiger charge is -2.18. The first-order valence-corrected chi connectivity index (χ1v) is 7.87. The summed E-state index contributed by atoms with van der Waals surface area (Å²) in [6.07, 6.45) is 0.311. The number of carbonyl (C=O) groups is 2. The molecule has 0 spiro atoms. The van der Waals surface area contributed by atoms with Gasteiger partial charge in [-0.3, -0.25) is 9.59 Å². The molecule has 0 bridgehead atoms. The van der Waals surface area contributed by atoms with Crippen LogP contribution in [-0.2, 0) is 11.2 Å². The number of carbonyl (C=O) groups excluding carboxylic acids is 1. The average molecular weight is 336 g/mol. The number of hydrogen-bond acceptors (Lipinski definition) is 4. The molecule has 1 heterocycles. The van der Waals surface area contributed by atoms with Crippen LogP contribution in [0, 0.1) is 11.2 Å². The number of nitrogens with one attached hydrogen (secondary N) is 1. The van der Waals surface area contributed by atoms with E-state index < -0.39 is 17.3 Å². The van der Waals surface area contributed by atoms with Gasteiger partial charge in [0.2, 0.25) is 0 Å². The number of aliphatic carboxylic acids is 1. The third kappa shape index (κ3) is 4.35. The summed E-state index contributed by atoms with van der Waals surface area (Å²) in [6, 6.07) is 6.41. The quantitative estimate of drug-likeness (QED) is 0.850. The van der Waals surface area contributed by atoms with Crippen molar-refractivity contribution in [1.82, 2.24) is 10.3 Å². The van der Waals surface area contributed by atoms with Crippen LogP contribution in [0.1, 0.15) is 34.9 Å². The molecule has 0 radical (unpaired) electrons. The van der Waals surface area contributed by atoms with Crippen molar-refractivity contribution < 1.29 is 19.1 Å². The van der Waals surface area contributed by atoms with E-state index >= 15 is 0 Å². The highest BCUT2D eigenvalue weighted by Crippen LogP contribution is 2.18. The van der Waals surface area contributed by atoms with Gasteiger partial charge in [-0.2, -0.15) is 0 Å². The van der Waals surface area contributed by atoms with E-state index in [1.54, 1.807) is 23.6 Å². The van der Waals surface area contributed by atoms with E-state index in [0.29, 0.717) is 17.0 Å². The first kappa shape index (κ1) is 17.1. The number of nitrogens with zero attached hydrogens (tertiary/aromatic N) is 1. The van der Waals surface area contributed by atoms with E-state index in [9.17, 15) is 14.0 Å². The fraction of sp³-hybridized carbons (Fsp3) is 0.312. The first-order valence-electron chi connectivity index (χ1n) is 6.99. The minimum Gasteiger partial charge on any atom is -0.481 e. The van der Waals surface area contributed by atoms with Crippen molar-refractivity contribution in [2.45, 2.75) is 20.3 Å². The third-order valence-corrected chi connectivity index (χ3v) is 4.20. The van der Waals surface area contributed by atoms with Crippen LogP contribution in [0.4, 0.5) is 4.39 Å². The predicted molar refractivity (Wildman–Crippen MR) is 85.1 cm³/mol. The number of halogens is 1. The molecule has 7 heteroatoms. The summed E-state index contributed by atoms with van der Waals surface area (Å²) in [6.45, 7) is 3.06. The highest BCUT2D eigenvalue weighted by Gasteiger charge is 2.28. The summed E-state index contributed by atoms with van der Waals surface area (Å²) in [5, 5.41) is 13.8. The SMILES string of the molecule is CC(C)(CNC(=O)c1csc(Cc2ccccc2F)n1)C(=O)O. The maximum Gasteiger partial charge on any atom is 0.310 e. The van der Waals surface area contributed by atoms with Crippen LogP contribution < -0.4 is 5.32 Å². The highest BCUT2D eigenvalue weighted by molar-refractivity contribution is 7.09. The maximum atomic E-state index is 13.6. The van der Waals surface area contributed by atoms with Crippen LogP contribution in [-0.4, -0.2) is 28.5 Å². The Kier molecular flexibility index (Phi) is 5.10. The van der Waals surface area contributed by atoms with E-state index in [1.807, 2.05) is 0 Å². The number of aromatic nitrogens is 1. The largest absolute Gasteiger partial charge is 0.481 e. The van der Waals surface area contributed by atoms with Crippen molar-refractivity contribution in [2.75, 3.05) is 6.54 Å². The number of rotatable bonds is 6. The van der Waals surface area contributed by atoms with E-state index in [0.717, 1.165) is 0 Å². The molecule has 2 N–H and O–H groups in total. The van der Waals surface area contributed by atoms with Gasteiger partial charge in [0.1, 0.15) is 11.5 Å². The second-order valence-electron chi connectivity index (χ2n) is 5.77. The van der Waals surface area contributed by atoms with Gasteiger partial charge in [-0.05, 0) is 25.5 Å². The molecule has 0 saturated heterocycles. The molecule has 0 aliphatic carbocycles. The molecule has 1 amide bonds. The zero-order chi connectivity index (χ0) is 17.0. The van der Waals surface area contributed by atoms with Gasteiger partial charge in [-0.1, -0.05) is 18.2 Å². The molecule has 0 fully saturated rings. The Morgan fingerprint density at radius 3 is 2.70 bits per heavy atom. The minimum atomic E-state index is -1.05. The molecule has 2 rings (SSSR count). The fourth-order valence-corrected chi connectivity index (χ4v) is 2.57. The second kappa shape index (κ2) is 6.87. The Morgan fingerprint density at radius 2 is 2.04 bits per heavy atom. The molecule has 0 aliphatic rings. The van der Waals surface area contributed by atoms with Gasteiger partial charge in [0.05, 0.1) is 10.4 Å². The van der Waals surface area contributed by atoms with Crippen LogP contribution in [0.15, 0.2) is 29.6 Å². The van der Waals surface area contributed by atoms with Crippen molar-refractivity contribution in [3.05, 3.63) is 51.7 Å². The normalized spacial score (nSPS) is 11.3. The lowest BCUT2D eigenvalue weighted by molar-refractivity contribution is -0.146. The zero-order valence-corrected chi connectivity index (χ0v) is 13.6. The van der Waals surface area contributed by atoms with Gasteiger partial charge in [0, 0.05) is 18.3 Å². The van der Waals surface area contributed by atoms with E-state index in [1.165, 1.54) is 31.3 Å². The van der Waals surface area contributed by atoms with Crippen LogP contribution >= 0.6 is 11.3 Å². The van der Waals surface area contributed by atoms with Gasteiger partial charge in [-0.15, -0.1) is 11.3 Å². The Hall–Kier alpha value is -2.28. The van der Waals surface area contributed by atoms with Gasteiger partial charge in [0.15, 0.2) is 0 Å². The standard InChI is InChI=1S/C16H17FN2O3S/c1-16(2,15(21)22)9-18-14(20)12-8-23-13(19-12)7-10-5-3-4-6-11(10)17/h3-6,8H,7,9H2,1-2H3,(H,18,20)(H,21,22). The first-order chi connectivity index (χ1) is 10.8. The van der Waals surface area contributed by atoms with Crippen molar-refractivity contribution in [2.24, 2.45) is 5.41 Å². The Balaban J connectivity index is 2.00. The Morgan fingerprint density at radius 1 is 1.35 bits per heavy atom. The van der Waals surface area contributed by atoms with Gasteiger partial charge in [-0.25, -0.2) is 9.37 Å². The minimum absolute atomic E-state index is 0.00133. The van der Waals surface area contributed by atoms with Gasteiger partial charge < -0.3 is 10.4 Å². The van der Waals surface area contributed by atoms with Crippen LogP contribution in [0.5, 0.6) is 0 Å². The van der Waals surface area contributed by atoms with E-state index in [2.05, 4.69) is 10.3 Å². The predicted octanol–water partition coefficient (Wildman–Crippen LogP) is 2.71. The Labute approximate surface area is 137 Å². The molecule has 0 unspecified atom stereocenters. The molecular weight excluding hydrogens is 319 g/mol. The van der Waals surface area contributed by atoms with E-state index in [-0.39, 0.29) is 18.1 Å². The fourth-order valence-electron chi connectivity index (χ4n) is 1.77. The summed E-state index contributed by atoms with van der Waals surface area (Å²) >= 11 is 1.27. The summed E-state index contributed by atoms with van der Waals surface area (Å²) in [4.78, 5) is 27.2. The molecule has 23 heavy (non-hydrogen) atoms. The van der Waals surface area contributed by atoms with Crippen LogP contribution in [0.3, 0.4) is 0 Å². The van der Waals surface area contributed by atoms with Crippen LogP contribution in [0.25, 0.3) is 0 Å². The monoisotopic (exact) mass is 336 g/mol. The average Bonchev–Trinajstić information content (AvgIpc) is 2.96. The zero-order valence-electron chi connectivity index (χ0n) is 12.8. The second-order valence-corrected chi connectivity index (χ2v) is 6.71. The molecular formula is C16H17FN2O3S. The molecule has 122 valence electrons. The maximum absolute atomic E-state index is 13.6.